The monoisotopic (exact) mass is 360 g/mol. The number of hydrogen-bond donors (Lipinski definition) is 0. The summed E-state index contributed by atoms with van der Waals surface area (Å²) in [5.74, 6) is -4.25. The molecule has 0 N–H and O–H groups in total. The van der Waals surface area contributed by atoms with E-state index in [1.807, 2.05) is 0 Å². The van der Waals surface area contributed by atoms with E-state index in [1.54, 1.807) is 18.2 Å². The summed E-state index contributed by atoms with van der Waals surface area (Å²) in [7, 11) is 0. The first-order valence-corrected chi connectivity index (χ1v) is 6.92. The van der Waals surface area contributed by atoms with Crippen molar-refractivity contribution < 1.29 is 17.6 Å². The SMILES string of the molecule is FC(F)C(F)(F)C(Cl)c1csc2c(Br)cccc12. The highest BCUT2D eigenvalue weighted by atomic mass is 79.9. The first-order valence-electron chi connectivity index (χ1n) is 4.81. The number of thiophene rings is 1. The maximum absolute atomic E-state index is 13.2. The summed E-state index contributed by atoms with van der Waals surface area (Å²) >= 11 is 9.98. The van der Waals surface area contributed by atoms with E-state index in [2.05, 4.69) is 15.9 Å². The van der Waals surface area contributed by atoms with Crippen LogP contribution in [0.4, 0.5) is 17.6 Å². The first kappa shape index (κ1) is 14.1. The van der Waals surface area contributed by atoms with Crippen molar-refractivity contribution in [1.29, 1.82) is 0 Å². The molecule has 2 aromatic rings. The molecule has 18 heavy (non-hydrogen) atoms. The third kappa shape index (κ3) is 2.26. The molecular formula is C11H6BrClF4S. The van der Waals surface area contributed by atoms with Crippen LogP contribution in [-0.2, 0) is 0 Å². The molecule has 0 aliphatic rings. The van der Waals surface area contributed by atoms with E-state index in [-0.39, 0.29) is 5.56 Å². The lowest BCUT2D eigenvalue weighted by Gasteiger charge is -2.20. The zero-order valence-corrected chi connectivity index (χ0v) is 11.8. The van der Waals surface area contributed by atoms with Gasteiger partial charge in [-0.2, -0.15) is 8.78 Å². The number of hydrogen-bond acceptors (Lipinski definition) is 1. The topological polar surface area (TPSA) is 0 Å². The van der Waals surface area contributed by atoms with Crippen LogP contribution in [0.25, 0.3) is 10.1 Å². The second kappa shape index (κ2) is 4.98. The molecular weight excluding hydrogens is 356 g/mol. The molecule has 2 rings (SSSR count). The second-order valence-corrected chi connectivity index (χ2v) is 5.82. The van der Waals surface area contributed by atoms with Gasteiger partial charge < -0.3 is 0 Å². The molecule has 1 aromatic carbocycles. The lowest BCUT2D eigenvalue weighted by atomic mass is 10.1. The largest absolute Gasteiger partial charge is 0.327 e. The molecule has 7 heteroatoms. The number of rotatable bonds is 3. The fourth-order valence-corrected chi connectivity index (χ4v) is 3.55. The summed E-state index contributed by atoms with van der Waals surface area (Å²) in [6.07, 6.45) is -3.79. The Morgan fingerprint density at radius 1 is 1.28 bits per heavy atom. The van der Waals surface area contributed by atoms with E-state index in [1.165, 1.54) is 16.7 Å². The van der Waals surface area contributed by atoms with Crippen molar-refractivity contribution in [2.24, 2.45) is 0 Å². The first-order chi connectivity index (χ1) is 8.35. The van der Waals surface area contributed by atoms with Crippen molar-refractivity contribution in [1.82, 2.24) is 0 Å². The summed E-state index contributed by atoms with van der Waals surface area (Å²) < 4.78 is 52.5. The van der Waals surface area contributed by atoms with Crippen LogP contribution in [0.2, 0.25) is 0 Å². The summed E-state index contributed by atoms with van der Waals surface area (Å²) in [5, 5.41) is -0.182. The molecule has 0 fully saturated rings. The number of benzene rings is 1. The standard InChI is InChI=1S/C11H6BrClF4S/c12-7-3-1-2-5-6(4-18-8(5)7)9(13)11(16,17)10(14)15/h1-4,9-10H. The van der Waals surface area contributed by atoms with Gasteiger partial charge in [0, 0.05) is 9.17 Å². The van der Waals surface area contributed by atoms with Gasteiger partial charge in [0.1, 0.15) is 5.38 Å². The van der Waals surface area contributed by atoms with Gasteiger partial charge in [0.05, 0.1) is 0 Å². The van der Waals surface area contributed by atoms with Gasteiger partial charge in [-0.15, -0.1) is 22.9 Å². The summed E-state index contributed by atoms with van der Waals surface area (Å²) in [6, 6.07) is 4.98. The molecule has 1 heterocycles. The fourth-order valence-electron chi connectivity index (χ4n) is 1.56. The van der Waals surface area contributed by atoms with Crippen LogP contribution in [0.1, 0.15) is 10.9 Å². The summed E-state index contributed by atoms with van der Waals surface area (Å²) in [4.78, 5) is 0. The number of alkyl halides is 5. The van der Waals surface area contributed by atoms with E-state index < -0.39 is 17.7 Å². The quantitative estimate of drug-likeness (QED) is 0.475. The van der Waals surface area contributed by atoms with E-state index in [4.69, 9.17) is 11.6 Å². The zero-order valence-electron chi connectivity index (χ0n) is 8.64. The van der Waals surface area contributed by atoms with Crippen LogP contribution in [-0.4, -0.2) is 12.3 Å². The van der Waals surface area contributed by atoms with Crippen LogP contribution in [0.3, 0.4) is 0 Å². The molecule has 0 nitrogen and oxygen atoms in total. The minimum Gasteiger partial charge on any atom is -0.204 e. The molecule has 0 amide bonds. The van der Waals surface area contributed by atoms with E-state index >= 15 is 0 Å². The second-order valence-electron chi connectivity index (χ2n) is 3.65. The van der Waals surface area contributed by atoms with Crippen LogP contribution in [0, 0.1) is 0 Å². The average molecular weight is 362 g/mol. The number of halogens is 6. The third-order valence-corrected chi connectivity index (χ3v) is 4.98. The Morgan fingerprint density at radius 3 is 2.56 bits per heavy atom. The predicted octanol–water partition coefficient (Wildman–Crippen LogP) is 5.84. The van der Waals surface area contributed by atoms with Gasteiger partial charge in [0.25, 0.3) is 0 Å². The van der Waals surface area contributed by atoms with Crippen molar-refractivity contribution in [3.05, 3.63) is 33.6 Å². The van der Waals surface area contributed by atoms with Crippen LogP contribution in [0.5, 0.6) is 0 Å². The van der Waals surface area contributed by atoms with E-state index in [0.717, 1.165) is 4.47 Å². The average Bonchev–Trinajstić information content (AvgIpc) is 2.73. The van der Waals surface area contributed by atoms with Gasteiger partial charge in [0.2, 0.25) is 0 Å². The summed E-state index contributed by atoms with van der Waals surface area (Å²) in [6.45, 7) is 0. The lowest BCUT2D eigenvalue weighted by molar-refractivity contribution is -0.130. The van der Waals surface area contributed by atoms with Gasteiger partial charge in [-0.25, -0.2) is 8.78 Å². The molecule has 1 atom stereocenters. The van der Waals surface area contributed by atoms with Crippen LogP contribution < -0.4 is 0 Å². The fraction of sp³-hybridized carbons (Fsp3) is 0.273. The third-order valence-electron chi connectivity index (χ3n) is 2.48. The molecule has 0 radical (unpaired) electrons. The van der Waals surface area contributed by atoms with Crippen molar-refractivity contribution in [2.75, 3.05) is 0 Å². The molecule has 0 bridgehead atoms. The summed E-state index contributed by atoms with van der Waals surface area (Å²) in [5.41, 5.74) is 0.0308. The van der Waals surface area contributed by atoms with Crippen molar-refractivity contribution >= 4 is 49.0 Å². The molecule has 0 saturated heterocycles. The molecule has 98 valence electrons. The van der Waals surface area contributed by atoms with Gasteiger partial charge in [-0.1, -0.05) is 12.1 Å². The maximum atomic E-state index is 13.2. The Kier molecular flexibility index (Phi) is 3.90. The maximum Gasteiger partial charge on any atom is 0.327 e. The van der Waals surface area contributed by atoms with Crippen molar-refractivity contribution in [2.45, 2.75) is 17.7 Å². The molecule has 1 unspecified atom stereocenters. The molecule has 0 aliphatic carbocycles. The van der Waals surface area contributed by atoms with Gasteiger partial charge in [-0.3, -0.25) is 0 Å². The van der Waals surface area contributed by atoms with Crippen molar-refractivity contribution in [3.8, 4) is 0 Å². The minimum absolute atomic E-state index is 0.0308. The molecule has 0 spiro atoms. The Morgan fingerprint density at radius 2 is 1.94 bits per heavy atom. The Labute approximate surface area is 118 Å². The highest BCUT2D eigenvalue weighted by molar-refractivity contribution is 9.10. The molecule has 0 saturated carbocycles. The Bertz CT molecular complexity index is 569. The zero-order chi connectivity index (χ0) is 13.5. The Hall–Kier alpha value is -0.330. The highest BCUT2D eigenvalue weighted by Crippen LogP contribution is 2.46. The lowest BCUT2D eigenvalue weighted by Crippen LogP contribution is -2.31. The normalized spacial score (nSPS) is 14.4. The van der Waals surface area contributed by atoms with Gasteiger partial charge >= 0.3 is 12.3 Å². The van der Waals surface area contributed by atoms with E-state index in [9.17, 15) is 17.6 Å². The van der Waals surface area contributed by atoms with Gasteiger partial charge in [-0.05, 0) is 38.3 Å². The predicted molar refractivity (Wildman–Crippen MR) is 69.1 cm³/mol. The van der Waals surface area contributed by atoms with Gasteiger partial charge in [0.15, 0.2) is 0 Å². The smallest absolute Gasteiger partial charge is 0.204 e. The molecule has 1 aromatic heterocycles. The van der Waals surface area contributed by atoms with Crippen molar-refractivity contribution in [3.63, 3.8) is 0 Å². The molecule has 0 aliphatic heterocycles. The minimum atomic E-state index is -4.25. The number of fused-ring (bicyclic) bond motifs is 1. The van der Waals surface area contributed by atoms with E-state index in [0.29, 0.717) is 10.1 Å². The van der Waals surface area contributed by atoms with Crippen LogP contribution >= 0.6 is 38.9 Å². The highest BCUT2D eigenvalue weighted by Gasteiger charge is 2.49. The van der Waals surface area contributed by atoms with Crippen LogP contribution in [0.15, 0.2) is 28.1 Å². The Balaban J connectivity index is 2.52.